The number of hydrogen-bond acceptors (Lipinski definition) is 6. The maximum absolute atomic E-state index is 13.1. The van der Waals surface area contributed by atoms with Crippen molar-refractivity contribution >= 4 is 21.7 Å². The van der Waals surface area contributed by atoms with E-state index in [0.29, 0.717) is 22.6 Å². The van der Waals surface area contributed by atoms with E-state index in [9.17, 15) is 18.0 Å². The third-order valence-corrected chi connectivity index (χ3v) is 7.29. The number of fused-ring (bicyclic) bond motifs is 1. The van der Waals surface area contributed by atoms with Crippen molar-refractivity contribution in [2.75, 3.05) is 20.0 Å². The molecule has 1 aliphatic rings. The molecule has 2 unspecified atom stereocenters. The van der Waals surface area contributed by atoms with E-state index in [1.807, 2.05) is 13.8 Å². The number of ether oxygens (including phenoxy) is 2. The van der Waals surface area contributed by atoms with Crippen molar-refractivity contribution in [3.05, 3.63) is 53.6 Å². The van der Waals surface area contributed by atoms with Crippen molar-refractivity contribution in [3.63, 3.8) is 0 Å². The van der Waals surface area contributed by atoms with Crippen LogP contribution in [0.3, 0.4) is 0 Å². The molecule has 2 N–H and O–H groups in total. The number of amides is 2. The monoisotopic (exact) mass is 460 g/mol. The molecule has 2 aromatic carbocycles. The minimum absolute atomic E-state index is 0.0444. The SMILES string of the molecule is COc1cc(OC)cc(C(=O)NC(C(=O)NC2CCS(=O)(=O)c3ccccc32)C(C)C)c1. The third kappa shape index (κ3) is 5.04. The topological polar surface area (TPSA) is 111 Å². The molecular weight excluding hydrogens is 432 g/mol. The van der Waals surface area contributed by atoms with Gasteiger partial charge in [-0.15, -0.1) is 0 Å². The summed E-state index contributed by atoms with van der Waals surface area (Å²) in [6.45, 7) is 3.66. The van der Waals surface area contributed by atoms with Gasteiger partial charge in [0.25, 0.3) is 5.91 Å². The molecule has 2 aromatic rings. The summed E-state index contributed by atoms with van der Waals surface area (Å²) in [7, 11) is -0.382. The molecule has 0 fully saturated rings. The molecule has 2 atom stereocenters. The number of hydrogen-bond donors (Lipinski definition) is 2. The van der Waals surface area contributed by atoms with Crippen LogP contribution in [0, 0.1) is 5.92 Å². The summed E-state index contributed by atoms with van der Waals surface area (Å²) in [6.07, 6.45) is 0.275. The molecule has 1 aliphatic heterocycles. The number of carbonyl (C=O) groups is 2. The predicted molar refractivity (Wildman–Crippen MR) is 120 cm³/mol. The molecule has 0 spiro atoms. The van der Waals surface area contributed by atoms with Crippen LogP contribution < -0.4 is 20.1 Å². The zero-order chi connectivity index (χ0) is 23.5. The van der Waals surface area contributed by atoms with Crippen molar-refractivity contribution < 1.29 is 27.5 Å². The van der Waals surface area contributed by atoms with Gasteiger partial charge < -0.3 is 20.1 Å². The van der Waals surface area contributed by atoms with Crippen molar-refractivity contribution in [1.82, 2.24) is 10.6 Å². The Hall–Kier alpha value is -3.07. The van der Waals surface area contributed by atoms with Crippen LogP contribution in [-0.4, -0.2) is 46.2 Å². The van der Waals surface area contributed by atoms with Crippen LogP contribution in [0.2, 0.25) is 0 Å². The van der Waals surface area contributed by atoms with Gasteiger partial charge in [-0.1, -0.05) is 32.0 Å². The third-order valence-electron chi connectivity index (χ3n) is 5.47. The Kier molecular flexibility index (Phi) is 7.08. The van der Waals surface area contributed by atoms with Gasteiger partial charge >= 0.3 is 0 Å². The van der Waals surface area contributed by atoms with E-state index < -0.39 is 27.8 Å². The maximum atomic E-state index is 13.1. The van der Waals surface area contributed by atoms with Crippen LogP contribution in [0.25, 0.3) is 0 Å². The quantitative estimate of drug-likeness (QED) is 0.657. The predicted octanol–water partition coefficient (Wildman–Crippen LogP) is 2.49. The Morgan fingerprint density at radius 1 is 1.03 bits per heavy atom. The lowest BCUT2D eigenvalue weighted by Gasteiger charge is -2.29. The zero-order valence-corrected chi connectivity index (χ0v) is 19.4. The highest BCUT2D eigenvalue weighted by Crippen LogP contribution is 2.32. The largest absolute Gasteiger partial charge is 0.497 e. The van der Waals surface area contributed by atoms with Crippen LogP contribution in [0.1, 0.15) is 42.2 Å². The Balaban J connectivity index is 1.80. The lowest BCUT2D eigenvalue weighted by atomic mass is 9.99. The average molecular weight is 461 g/mol. The van der Waals surface area contributed by atoms with Gasteiger partial charge in [-0.05, 0) is 36.1 Å². The van der Waals surface area contributed by atoms with Crippen LogP contribution in [0.4, 0.5) is 0 Å². The van der Waals surface area contributed by atoms with E-state index in [1.165, 1.54) is 14.2 Å². The van der Waals surface area contributed by atoms with Gasteiger partial charge in [0.2, 0.25) is 5.91 Å². The summed E-state index contributed by atoms with van der Waals surface area (Å²) >= 11 is 0. The molecule has 0 radical (unpaired) electrons. The molecule has 32 heavy (non-hydrogen) atoms. The minimum Gasteiger partial charge on any atom is -0.497 e. The summed E-state index contributed by atoms with van der Waals surface area (Å²) in [5.74, 6) is -0.142. The van der Waals surface area contributed by atoms with E-state index in [4.69, 9.17) is 9.47 Å². The molecule has 8 nitrogen and oxygen atoms in total. The van der Waals surface area contributed by atoms with Crippen LogP contribution in [0.5, 0.6) is 11.5 Å². The molecule has 0 aromatic heterocycles. The Labute approximate surface area is 188 Å². The Morgan fingerprint density at radius 2 is 1.66 bits per heavy atom. The van der Waals surface area contributed by atoms with Crippen LogP contribution >= 0.6 is 0 Å². The van der Waals surface area contributed by atoms with E-state index in [0.717, 1.165) is 0 Å². The first-order valence-corrected chi connectivity index (χ1v) is 12.0. The van der Waals surface area contributed by atoms with Crippen LogP contribution in [-0.2, 0) is 14.6 Å². The molecule has 0 aliphatic carbocycles. The molecule has 2 amide bonds. The number of benzene rings is 2. The molecule has 9 heteroatoms. The number of sulfone groups is 1. The normalized spacial score (nSPS) is 17.7. The van der Waals surface area contributed by atoms with Gasteiger partial charge in [0.05, 0.1) is 30.9 Å². The van der Waals surface area contributed by atoms with Gasteiger partial charge in [-0.3, -0.25) is 9.59 Å². The van der Waals surface area contributed by atoms with Gasteiger partial charge in [-0.25, -0.2) is 8.42 Å². The lowest BCUT2D eigenvalue weighted by Crippen LogP contribution is -2.51. The number of carbonyl (C=O) groups excluding carboxylic acids is 2. The highest BCUT2D eigenvalue weighted by Gasteiger charge is 2.33. The molecule has 1 heterocycles. The number of rotatable bonds is 7. The van der Waals surface area contributed by atoms with E-state index in [2.05, 4.69) is 10.6 Å². The van der Waals surface area contributed by atoms with Gasteiger partial charge in [0.1, 0.15) is 17.5 Å². The van der Waals surface area contributed by atoms with Crippen LogP contribution in [0.15, 0.2) is 47.4 Å². The Bertz CT molecular complexity index is 1090. The first kappa shape index (κ1) is 23.6. The summed E-state index contributed by atoms with van der Waals surface area (Å²) in [4.78, 5) is 26.2. The summed E-state index contributed by atoms with van der Waals surface area (Å²) in [6, 6.07) is 10.2. The first-order valence-electron chi connectivity index (χ1n) is 10.3. The molecule has 0 saturated heterocycles. The Morgan fingerprint density at radius 3 is 2.25 bits per heavy atom. The first-order chi connectivity index (χ1) is 15.2. The lowest BCUT2D eigenvalue weighted by molar-refractivity contribution is -0.124. The summed E-state index contributed by atoms with van der Waals surface area (Å²) in [5.41, 5.74) is 0.868. The molecule has 172 valence electrons. The molecular formula is C23H28N2O6S. The fourth-order valence-electron chi connectivity index (χ4n) is 3.70. The zero-order valence-electron chi connectivity index (χ0n) is 18.5. The number of methoxy groups -OCH3 is 2. The van der Waals surface area contributed by atoms with Crippen molar-refractivity contribution in [1.29, 1.82) is 0 Å². The summed E-state index contributed by atoms with van der Waals surface area (Å²) in [5, 5.41) is 5.71. The standard InChI is InChI=1S/C23H28N2O6S/c1-14(2)21(25-22(26)15-11-16(30-3)13-17(12-15)31-4)23(27)24-19-9-10-32(28,29)20-8-6-5-7-18(19)20/h5-8,11-14,19,21H,9-10H2,1-4H3,(H,24,27)(H,25,26). The number of nitrogens with one attached hydrogen (secondary N) is 2. The molecule has 0 saturated carbocycles. The van der Waals surface area contributed by atoms with Gasteiger partial charge in [-0.2, -0.15) is 0 Å². The fraction of sp³-hybridized carbons (Fsp3) is 0.391. The minimum atomic E-state index is -3.36. The van der Waals surface area contributed by atoms with E-state index in [-0.39, 0.29) is 28.9 Å². The highest BCUT2D eigenvalue weighted by atomic mass is 32.2. The van der Waals surface area contributed by atoms with Gasteiger partial charge in [0, 0.05) is 11.6 Å². The second-order valence-corrected chi connectivity index (χ2v) is 10.1. The fourth-order valence-corrected chi connectivity index (χ4v) is 5.32. The van der Waals surface area contributed by atoms with E-state index >= 15 is 0 Å². The highest BCUT2D eigenvalue weighted by molar-refractivity contribution is 7.91. The van der Waals surface area contributed by atoms with Crippen molar-refractivity contribution in [2.45, 2.75) is 37.2 Å². The second-order valence-electron chi connectivity index (χ2n) is 8.00. The van der Waals surface area contributed by atoms with E-state index in [1.54, 1.807) is 42.5 Å². The maximum Gasteiger partial charge on any atom is 0.252 e. The summed E-state index contributed by atoms with van der Waals surface area (Å²) < 4.78 is 35.1. The average Bonchev–Trinajstić information content (AvgIpc) is 2.78. The molecule has 0 bridgehead atoms. The molecule has 3 rings (SSSR count). The van der Waals surface area contributed by atoms with Crippen molar-refractivity contribution in [3.8, 4) is 11.5 Å². The van der Waals surface area contributed by atoms with Gasteiger partial charge in [0.15, 0.2) is 9.84 Å². The van der Waals surface area contributed by atoms with Crippen molar-refractivity contribution in [2.24, 2.45) is 5.92 Å². The second kappa shape index (κ2) is 9.60. The smallest absolute Gasteiger partial charge is 0.252 e.